The van der Waals surface area contributed by atoms with Gasteiger partial charge in [0.05, 0.1) is 12.0 Å². The Hall–Kier alpha value is -0.650. The molecule has 3 heteroatoms. The van der Waals surface area contributed by atoms with Gasteiger partial charge in [-0.15, -0.1) is 0 Å². The van der Waals surface area contributed by atoms with Crippen LogP contribution in [0.4, 0.5) is 0 Å². The molecule has 0 bridgehead atoms. The van der Waals surface area contributed by atoms with Gasteiger partial charge in [0.25, 0.3) is 0 Å². The van der Waals surface area contributed by atoms with Crippen molar-refractivity contribution >= 4 is 23.4 Å². The van der Waals surface area contributed by atoms with E-state index in [1.165, 1.54) is 31.2 Å². The summed E-state index contributed by atoms with van der Waals surface area (Å²) in [6, 6.07) is 10.5. The van der Waals surface area contributed by atoms with Crippen LogP contribution in [0, 0.1) is 23.2 Å². The first-order chi connectivity index (χ1) is 9.74. The Morgan fingerprint density at radius 3 is 2.85 bits per heavy atom. The molecule has 0 amide bonds. The predicted molar refractivity (Wildman–Crippen MR) is 87.9 cm³/mol. The highest BCUT2D eigenvalue weighted by atomic mass is 35.5. The molecule has 0 radical (unpaired) electrons. The summed E-state index contributed by atoms with van der Waals surface area (Å²) in [5, 5.41) is 10.7. The first-order valence-corrected chi connectivity index (χ1v) is 8.91. The monoisotopic (exact) mass is 307 g/mol. The Balaban J connectivity index is 1.95. The van der Waals surface area contributed by atoms with E-state index in [0.29, 0.717) is 5.25 Å². The zero-order valence-corrected chi connectivity index (χ0v) is 13.6. The number of rotatable bonds is 5. The largest absolute Gasteiger partial charge is 0.198 e. The van der Waals surface area contributed by atoms with E-state index in [4.69, 9.17) is 11.6 Å². The van der Waals surface area contributed by atoms with Crippen LogP contribution in [0.15, 0.2) is 24.3 Å². The van der Waals surface area contributed by atoms with E-state index in [0.717, 1.165) is 23.1 Å². The smallest absolute Gasteiger partial charge is 0.0667 e. The zero-order valence-electron chi connectivity index (χ0n) is 12.0. The van der Waals surface area contributed by atoms with E-state index in [2.05, 4.69) is 19.1 Å². The maximum Gasteiger partial charge on any atom is 0.0667 e. The minimum atomic E-state index is 0.218. The highest BCUT2D eigenvalue weighted by Crippen LogP contribution is 2.39. The summed E-state index contributed by atoms with van der Waals surface area (Å²) in [4.78, 5) is 0. The molecule has 1 aromatic carbocycles. The second kappa shape index (κ2) is 7.96. The molecule has 2 rings (SSSR count). The molecule has 0 saturated heterocycles. The van der Waals surface area contributed by atoms with E-state index in [9.17, 15) is 5.26 Å². The first-order valence-electron chi connectivity index (χ1n) is 7.49. The third-order valence-electron chi connectivity index (χ3n) is 4.17. The summed E-state index contributed by atoms with van der Waals surface area (Å²) in [7, 11) is 0. The molecule has 1 aliphatic rings. The molecule has 0 aromatic heterocycles. The Kier molecular flexibility index (Phi) is 6.26. The quantitative estimate of drug-likeness (QED) is 0.698. The van der Waals surface area contributed by atoms with Crippen LogP contribution in [0.25, 0.3) is 0 Å². The van der Waals surface area contributed by atoms with Gasteiger partial charge in [-0.1, -0.05) is 49.6 Å². The second-order valence-corrected chi connectivity index (χ2v) is 7.28. The Labute approximate surface area is 131 Å². The van der Waals surface area contributed by atoms with Crippen molar-refractivity contribution in [3.63, 3.8) is 0 Å². The lowest BCUT2D eigenvalue weighted by atomic mass is 9.80. The average Bonchev–Trinajstić information content (AvgIpc) is 2.47. The van der Waals surface area contributed by atoms with Crippen LogP contribution in [0.2, 0.25) is 5.02 Å². The summed E-state index contributed by atoms with van der Waals surface area (Å²) in [6.45, 7) is 2.25. The Morgan fingerprint density at radius 1 is 1.35 bits per heavy atom. The summed E-state index contributed by atoms with van der Waals surface area (Å²) in [5.41, 5.74) is 1.19. The van der Waals surface area contributed by atoms with Crippen molar-refractivity contribution in [3.8, 4) is 6.07 Å². The predicted octanol–water partition coefficient (Wildman–Crippen LogP) is 5.68. The fourth-order valence-corrected chi connectivity index (χ4v) is 4.79. The van der Waals surface area contributed by atoms with E-state index in [-0.39, 0.29) is 5.92 Å². The van der Waals surface area contributed by atoms with Crippen LogP contribution in [0.3, 0.4) is 0 Å². The maximum atomic E-state index is 9.34. The molecule has 0 N–H and O–H groups in total. The van der Waals surface area contributed by atoms with Gasteiger partial charge < -0.3 is 0 Å². The zero-order chi connectivity index (χ0) is 14.4. The molecule has 1 aromatic rings. The lowest BCUT2D eigenvalue weighted by Crippen LogP contribution is -2.26. The van der Waals surface area contributed by atoms with Gasteiger partial charge in [0.15, 0.2) is 0 Å². The third-order valence-corrected chi connectivity index (χ3v) is 5.97. The van der Waals surface area contributed by atoms with E-state index < -0.39 is 0 Å². The molecule has 1 fully saturated rings. The van der Waals surface area contributed by atoms with Crippen LogP contribution < -0.4 is 0 Å². The molecule has 1 saturated carbocycles. The van der Waals surface area contributed by atoms with Gasteiger partial charge in [0.1, 0.15) is 0 Å². The van der Waals surface area contributed by atoms with Gasteiger partial charge in [-0.05, 0) is 36.8 Å². The van der Waals surface area contributed by atoms with Crippen molar-refractivity contribution in [1.29, 1.82) is 5.26 Å². The summed E-state index contributed by atoms with van der Waals surface area (Å²) in [5.74, 6) is 1.95. The number of hydrogen-bond donors (Lipinski definition) is 0. The van der Waals surface area contributed by atoms with Gasteiger partial charge in [-0.3, -0.25) is 0 Å². The number of hydrogen-bond acceptors (Lipinski definition) is 2. The maximum absolute atomic E-state index is 9.34. The summed E-state index contributed by atoms with van der Waals surface area (Å²) in [6.07, 6.45) is 6.06. The fourth-order valence-electron chi connectivity index (χ4n) is 3.03. The van der Waals surface area contributed by atoms with Crippen LogP contribution in [-0.4, -0.2) is 5.25 Å². The molecule has 1 nitrogen and oxygen atoms in total. The van der Waals surface area contributed by atoms with Crippen molar-refractivity contribution in [1.82, 2.24) is 0 Å². The van der Waals surface area contributed by atoms with Crippen molar-refractivity contribution in [2.24, 2.45) is 11.8 Å². The van der Waals surface area contributed by atoms with Gasteiger partial charge >= 0.3 is 0 Å². The number of nitriles is 1. The molecular formula is C17H22ClNS. The number of halogens is 1. The minimum absolute atomic E-state index is 0.218. The van der Waals surface area contributed by atoms with E-state index >= 15 is 0 Å². The standard InChI is InChI=1S/C17H22ClNS/c1-2-5-13-8-9-14(11-19)17(10-13)20-12-15-6-3-4-7-16(15)18/h3-4,6-7,13-14,17H,2,5,8-10,12H2,1H3. The normalized spacial score (nSPS) is 26.1. The molecular weight excluding hydrogens is 286 g/mol. The highest BCUT2D eigenvalue weighted by molar-refractivity contribution is 7.99. The molecule has 0 spiro atoms. The SMILES string of the molecule is CCCC1CCC(C#N)C(SCc2ccccc2Cl)C1. The van der Waals surface area contributed by atoms with Crippen molar-refractivity contribution in [3.05, 3.63) is 34.9 Å². The third kappa shape index (κ3) is 4.17. The number of benzene rings is 1. The van der Waals surface area contributed by atoms with Gasteiger partial charge in [-0.2, -0.15) is 17.0 Å². The molecule has 3 atom stereocenters. The second-order valence-electron chi connectivity index (χ2n) is 5.64. The number of thioether (sulfide) groups is 1. The lowest BCUT2D eigenvalue weighted by molar-refractivity contribution is 0.307. The van der Waals surface area contributed by atoms with Crippen LogP contribution >= 0.6 is 23.4 Å². The molecule has 0 heterocycles. The van der Waals surface area contributed by atoms with Gasteiger partial charge in [-0.25, -0.2) is 0 Å². The van der Waals surface area contributed by atoms with Crippen LogP contribution in [0.1, 0.15) is 44.6 Å². The number of nitrogens with zero attached hydrogens (tertiary/aromatic N) is 1. The fraction of sp³-hybridized carbons (Fsp3) is 0.588. The van der Waals surface area contributed by atoms with E-state index in [1.807, 2.05) is 30.0 Å². The first kappa shape index (κ1) is 15.7. The molecule has 108 valence electrons. The van der Waals surface area contributed by atoms with Crippen LogP contribution in [0.5, 0.6) is 0 Å². The molecule has 1 aliphatic carbocycles. The lowest BCUT2D eigenvalue weighted by Gasteiger charge is -2.32. The van der Waals surface area contributed by atoms with Crippen molar-refractivity contribution in [2.75, 3.05) is 0 Å². The molecule has 20 heavy (non-hydrogen) atoms. The van der Waals surface area contributed by atoms with Gasteiger partial charge in [0.2, 0.25) is 0 Å². The van der Waals surface area contributed by atoms with Gasteiger partial charge in [0, 0.05) is 16.0 Å². The van der Waals surface area contributed by atoms with Crippen LogP contribution in [-0.2, 0) is 5.75 Å². The topological polar surface area (TPSA) is 23.8 Å². The molecule has 3 unspecified atom stereocenters. The highest BCUT2D eigenvalue weighted by Gasteiger charge is 2.30. The average molecular weight is 308 g/mol. The Morgan fingerprint density at radius 2 is 2.15 bits per heavy atom. The summed E-state index contributed by atoms with van der Waals surface area (Å²) >= 11 is 8.13. The van der Waals surface area contributed by atoms with Crippen molar-refractivity contribution < 1.29 is 0 Å². The van der Waals surface area contributed by atoms with E-state index in [1.54, 1.807) is 0 Å². The Bertz CT molecular complexity index is 468. The van der Waals surface area contributed by atoms with Crippen molar-refractivity contribution in [2.45, 2.75) is 50.0 Å². The molecule has 0 aliphatic heterocycles. The summed E-state index contributed by atoms with van der Waals surface area (Å²) < 4.78 is 0. The minimum Gasteiger partial charge on any atom is -0.198 e.